The quantitative estimate of drug-likeness (QED) is 0.186. The van der Waals surface area contributed by atoms with Crippen molar-refractivity contribution in [3.63, 3.8) is 0 Å². The number of carbonyl (C=O) groups is 1. The number of benzene rings is 2. The molecular weight excluding hydrogens is 511 g/mol. The van der Waals surface area contributed by atoms with Gasteiger partial charge in [0.05, 0.1) is 13.9 Å². The fourth-order valence-electron chi connectivity index (χ4n) is 3.19. The Bertz CT molecular complexity index is 1070. The van der Waals surface area contributed by atoms with E-state index in [0.717, 1.165) is 32.5 Å². The molecule has 2 N–H and O–H groups in total. The predicted molar refractivity (Wildman–Crippen MR) is 137 cm³/mol. The highest BCUT2D eigenvalue weighted by Crippen LogP contribution is 2.32. The van der Waals surface area contributed by atoms with Crippen LogP contribution in [0.15, 0.2) is 47.7 Å². The molecule has 6 nitrogen and oxygen atoms in total. The van der Waals surface area contributed by atoms with Gasteiger partial charge in [-0.1, -0.05) is 45.0 Å². The number of thiocarbonyl (C=S) groups is 1. The molecule has 0 fully saturated rings. The lowest BCUT2D eigenvalue weighted by Gasteiger charge is -2.33. The van der Waals surface area contributed by atoms with Crippen molar-refractivity contribution < 1.29 is 4.79 Å². The maximum absolute atomic E-state index is 11.6. The number of nitrogens with one attached hydrogen (secondary N) is 2. The number of rotatable bonds is 6. The lowest BCUT2D eigenvalue weighted by atomic mass is 10.0. The molecule has 1 aliphatic rings. The first-order chi connectivity index (χ1) is 14.5. The number of anilines is 1. The van der Waals surface area contributed by atoms with Gasteiger partial charge >= 0.3 is 0 Å². The smallest absolute Gasteiger partial charge is 0.223 e. The van der Waals surface area contributed by atoms with Crippen molar-refractivity contribution >= 4 is 65.1 Å². The van der Waals surface area contributed by atoms with Gasteiger partial charge in [0.1, 0.15) is 5.69 Å². The molecular formula is C22H23IN4O2S. The van der Waals surface area contributed by atoms with Gasteiger partial charge in [0.2, 0.25) is 5.91 Å². The number of nitroso groups, excluding NO2 is 1. The van der Waals surface area contributed by atoms with E-state index in [4.69, 9.17) is 12.2 Å². The molecule has 8 heteroatoms. The summed E-state index contributed by atoms with van der Waals surface area (Å²) in [6, 6.07) is 11.6. The molecule has 0 saturated heterocycles. The Morgan fingerprint density at radius 3 is 2.80 bits per heavy atom. The van der Waals surface area contributed by atoms with E-state index in [0.29, 0.717) is 17.2 Å². The van der Waals surface area contributed by atoms with Crippen LogP contribution in [0.1, 0.15) is 28.7 Å². The number of hydrogen-bond acceptors (Lipinski definition) is 4. The highest BCUT2D eigenvalue weighted by atomic mass is 127. The van der Waals surface area contributed by atoms with Crippen LogP contribution in [0.25, 0.3) is 6.08 Å². The molecule has 3 rings (SSSR count). The maximum atomic E-state index is 11.6. The first-order valence-corrected chi connectivity index (χ1v) is 12.4. The third-order valence-electron chi connectivity index (χ3n) is 4.76. The minimum absolute atomic E-state index is 0.0332. The summed E-state index contributed by atoms with van der Waals surface area (Å²) in [6.45, 7) is 4.04. The topological polar surface area (TPSA) is 73.8 Å². The highest BCUT2D eigenvalue weighted by Gasteiger charge is 2.25. The Balaban J connectivity index is 2.08. The summed E-state index contributed by atoms with van der Waals surface area (Å²) in [4.78, 5) is 24.6. The number of hydrogen-bond donors (Lipinski definition) is 2. The van der Waals surface area contributed by atoms with E-state index in [1.54, 1.807) is 13.1 Å². The summed E-state index contributed by atoms with van der Waals surface area (Å²) in [5, 5.41) is 9.66. The van der Waals surface area contributed by atoms with Gasteiger partial charge in [0.25, 0.3) is 0 Å². The van der Waals surface area contributed by atoms with E-state index < -0.39 is 0 Å². The third-order valence-corrected chi connectivity index (χ3v) is 7.63. The Morgan fingerprint density at radius 1 is 1.30 bits per heavy atom. The zero-order valence-electron chi connectivity index (χ0n) is 17.0. The number of alkyl halides is 1. The van der Waals surface area contributed by atoms with Crippen LogP contribution in [0.5, 0.6) is 0 Å². The SMILES string of the molecule is CNC(=O)C/C=C\c1c(C)cccc1N1C(=S)NCI=C1c1ccc(N=O)cc1C. The molecule has 0 radical (unpaired) electrons. The third kappa shape index (κ3) is 4.81. The Kier molecular flexibility index (Phi) is 7.43. The summed E-state index contributed by atoms with van der Waals surface area (Å²) in [7, 11) is 1.63. The first kappa shape index (κ1) is 22.2. The van der Waals surface area contributed by atoms with Crippen molar-refractivity contribution in [1.82, 2.24) is 10.6 Å². The number of nitrogens with zero attached hydrogens (tertiary/aromatic N) is 2. The molecule has 0 saturated carbocycles. The van der Waals surface area contributed by atoms with E-state index in [2.05, 4.69) is 20.7 Å². The Labute approximate surface area is 191 Å². The average molecular weight is 534 g/mol. The fourth-order valence-corrected chi connectivity index (χ4v) is 6.64. The molecule has 2 aromatic rings. The molecule has 0 spiro atoms. The fraction of sp³-hybridized carbons (Fsp3) is 0.227. The molecule has 1 aliphatic heterocycles. The van der Waals surface area contributed by atoms with Crippen LogP contribution in [-0.4, -0.2) is 26.3 Å². The maximum Gasteiger partial charge on any atom is 0.223 e. The van der Waals surface area contributed by atoms with Gasteiger partial charge < -0.3 is 10.6 Å². The van der Waals surface area contributed by atoms with Crippen LogP contribution < -0.4 is 15.5 Å². The summed E-state index contributed by atoms with van der Waals surface area (Å²) >= 11 is 5.35. The van der Waals surface area contributed by atoms with E-state index in [1.807, 2.05) is 56.3 Å². The number of amides is 1. The van der Waals surface area contributed by atoms with Crippen molar-refractivity contribution in [2.75, 3.05) is 16.5 Å². The van der Waals surface area contributed by atoms with Gasteiger partial charge in [-0.3, -0.25) is 9.69 Å². The molecule has 30 heavy (non-hydrogen) atoms. The van der Waals surface area contributed by atoms with Gasteiger partial charge in [-0.25, -0.2) is 0 Å². The average Bonchev–Trinajstić information content (AvgIpc) is 2.74. The minimum Gasteiger partial charge on any atom is -0.359 e. The predicted octanol–water partition coefficient (Wildman–Crippen LogP) is 4.65. The van der Waals surface area contributed by atoms with E-state index in [-0.39, 0.29) is 26.6 Å². The highest BCUT2D eigenvalue weighted by molar-refractivity contribution is 14.2. The monoisotopic (exact) mass is 534 g/mol. The van der Waals surface area contributed by atoms with Gasteiger partial charge in [-0.15, -0.1) is 4.91 Å². The largest absolute Gasteiger partial charge is 0.359 e. The normalized spacial score (nSPS) is 14.0. The van der Waals surface area contributed by atoms with Crippen LogP contribution in [-0.2, 0) is 4.79 Å². The van der Waals surface area contributed by atoms with Gasteiger partial charge in [-0.05, 0) is 66.6 Å². The van der Waals surface area contributed by atoms with Crippen molar-refractivity contribution in [2.24, 2.45) is 5.18 Å². The zero-order chi connectivity index (χ0) is 21.7. The summed E-state index contributed by atoms with van der Waals surface area (Å²) in [5.41, 5.74) is 5.61. The molecule has 1 heterocycles. The van der Waals surface area contributed by atoms with Crippen molar-refractivity contribution in [2.45, 2.75) is 20.3 Å². The molecule has 2 aromatic carbocycles. The van der Waals surface area contributed by atoms with Crippen molar-refractivity contribution in [3.05, 3.63) is 69.6 Å². The summed E-state index contributed by atoms with van der Waals surface area (Å²) < 4.78 is 2.03. The molecule has 0 aliphatic carbocycles. The number of aryl methyl sites for hydroxylation is 2. The van der Waals surface area contributed by atoms with Crippen LogP contribution >= 0.6 is 32.9 Å². The minimum atomic E-state index is -0.357. The van der Waals surface area contributed by atoms with Crippen molar-refractivity contribution in [3.8, 4) is 0 Å². The van der Waals surface area contributed by atoms with Gasteiger partial charge in [0, 0.05) is 24.6 Å². The summed E-state index contributed by atoms with van der Waals surface area (Å²) in [5.74, 6) is -0.0332. The van der Waals surface area contributed by atoms with Gasteiger partial charge in [-0.2, -0.15) is 0 Å². The van der Waals surface area contributed by atoms with Crippen molar-refractivity contribution in [1.29, 1.82) is 0 Å². The van der Waals surface area contributed by atoms with Crippen LogP contribution in [0.2, 0.25) is 0 Å². The lowest BCUT2D eigenvalue weighted by Crippen LogP contribution is -2.47. The standard InChI is InChI=1S/C22H23IN4O2S/c1-14-6-4-8-19(17(14)7-5-9-20(28)24-3)27-21(23-13-25-22(27)30)18-11-10-16(26-29)12-15(18)2/h4-8,10-12H,9,13H2,1-3H3,(H,24,28)(H,25,30)/b7-5-. The van der Waals surface area contributed by atoms with Crippen LogP contribution in [0, 0.1) is 18.8 Å². The zero-order valence-corrected chi connectivity index (χ0v) is 20.0. The Hall–Kier alpha value is -2.46. The second kappa shape index (κ2) is 10.0. The van der Waals surface area contributed by atoms with E-state index >= 15 is 0 Å². The molecule has 0 aromatic heterocycles. The van der Waals surface area contributed by atoms with Crippen LogP contribution in [0.4, 0.5) is 11.4 Å². The molecule has 1 amide bonds. The first-order valence-electron chi connectivity index (χ1n) is 9.41. The molecule has 156 valence electrons. The second-order valence-electron chi connectivity index (χ2n) is 6.75. The second-order valence-corrected chi connectivity index (χ2v) is 9.69. The molecule has 0 atom stereocenters. The lowest BCUT2D eigenvalue weighted by molar-refractivity contribution is -0.119. The molecule has 0 bridgehead atoms. The number of halogens is 1. The summed E-state index contributed by atoms with van der Waals surface area (Å²) in [6.07, 6.45) is 4.17. The van der Waals surface area contributed by atoms with E-state index in [1.165, 1.54) is 3.63 Å². The van der Waals surface area contributed by atoms with Crippen LogP contribution in [0.3, 0.4) is 0 Å². The Morgan fingerprint density at radius 2 is 2.10 bits per heavy atom. The van der Waals surface area contributed by atoms with Gasteiger partial charge in [0.15, 0.2) is 5.11 Å². The number of carbonyl (C=O) groups excluding carboxylic acids is 1. The van der Waals surface area contributed by atoms with E-state index in [9.17, 15) is 9.70 Å². The molecule has 0 unspecified atom stereocenters.